The van der Waals surface area contributed by atoms with Crippen molar-refractivity contribution in [1.82, 2.24) is 0 Å². The van der Waals surface area contributed by atoms with E-state index < -0.39 is 5.60 Å². The second-order valence-corrected chi connectivity index (χ2v) is 9.06. The van der Waals surface area contributed by atoms with E-state index in [4.69, 9.17) is 6.42 Å². The van der Waals surface area contributed by atoms with Gasteiger partial charge in [-0.1, -0.05) is 29.6 Å². The smallest absolute Gasteiger partial charge is 0.155 e. The number of allylic oxidation sites excluding steroid dienone is 3. The number of aliphatic hydroxyl groups is 1. The maximum atomic E-state index is 11.9. The highest BCUT2D eigenvalue weighted by molar-refractivity contribution is 5.91. The molecule has 5 rings (SSSR count). The number of carbonyl (C=O) groups is 1. The second-order valence-electron chi connectivity index (χ2n) is 9.06. The average molecular weight is 322 g/mol. The average Bonchev–Trinajstić information content (AvgIpc) is 2.81. The lowest BCUT2D eigenvalue weighted by atomic mass is 9.52. The van der Waals surface area contributed by atoms with E-state index in [1.54, 1.807) is 11.1 Å². The third-order valence-corrected chi connectivity index (χ3v) is 8.16. The lowest BCUT2D eigenvalue weighted by Crippen LogP contribution is -2.47. The molecule has 2 nitrogen and oxygen atoms in total. The molecule has 0 aromatic heterocycles. The third-order valence-electron chi connectivity index (χ3n) is 8.16. The number of rotatable bonds is 0. The van der Waals surface area contributed by atoms with E-state index in [0.29, 0.717) is 35.9 Å². The van der Waals surface area contributed by atoms with Crippen molar-refractivity contribution in [2.45, 2.75) is 63.9 Å². The molecule has 5 aliphatic carbocycles. The molecule has 1 N–H and O–H groups in total. The van der Waals surface area contributed by atoms with Gasteiger partial charge in [-0.3, -0.25) is 4.79 Å². The Morgan fingerprint density at radius 1 is 1.21 bits per heavy atom. The van der Waals surface area contributed by atoms with Gasteiger partial charge in [-0.25, -0.2) is 0 Å². The zero-order chi connectivity index (χ0) is 16.7. The summed E-state index contributed by atoms with van der Waals surface area (Å²) in [6.45, 7) is 2.23. The zero-order valence-corrected chi connectivity index (χ0v) is 14.5. The van der Waals surface area contributed by atoms with E-state index in [1.165, 1.54) is 12.0 Å². The van der Waals surface area contributed by atoms with E-state index in [2.05, 4.69) is 12.8 Å². The number of hydrogen-bond acceptors (Lipinski definition) is 2. The van der Waals surface area contributed by atoms with Gasteiger partial charge in [0.05, 0.1) is 0 Å². The van der Waals surface area contributed by atoms with Gasteiger partial charge in [-0.2, -0.15) is 0 Å². The van der Waals surface area contributed by atoms with E-state index >= 15 is 0 Å². The number of fused-ring (bicyclic) bond motifs is 2. The van der Waals surface area contributed by atoms with Crippen LogP contribution in [0.4, 0.5) is 0 Å². The molecule has 6 atom stereocenters. The van der Waals surface area contributed by atoms with Crippen LogP contribution in [0.1, 0.15) is 58.3 Å². The molecule has 0 radical (unpaired) electrons. The summed E-state index contributed by atoms with van der Waals surface area (Å²) in [7, 11) is 0. The maximum Gasteiger partial charge on any atom is 0.155 e. The molecule has 0 aromatic rings. The standard InChI is InChI=1S/C22H26O2/c1-3-22(24)12-14-5-4-13-10-15-11-16(23)6-7-17(15)18-8-9-21(22,2)20(14)19(13)18/h1,11,13-14,17-18,24H,4-10,12H2,2H3/t13-,14+,17+,18-,21+,22+/m1/s1. The van der Waals surface area contributed by atoms with Crippen LogP contribution in [0.15, 0.2) is 22.8 Å². The van der Waals surface area contributed by atoms with Gasteiger partial charge in [0.1, 0.15) is 5.60 Å². The first kappa shape index (κ1) is 15.0. The van der Waals surface area contributed by atoms with Crippen molar-refractivity contribution in [1.29, 1.82) is 0 Å². The van der Waals surface area contributed by atoms with Crippen LogP contribution < -0.4 is 0 Å². The molecule has 24 heavy (non-hydrogen) atoms. The fraction of sp³-hybridized carbons (Fsp3) is 0.682. The van der Waals surface area contributed by atoms with E-state index in [-0.39, 0.29) is 5.41 Å². The van der Waals surface area contributed by atoms with Crippen LogP contribution in [0.5, 0.6) is 0 Å². The highest BCUT2D eigenvalue weighted by Gasteiger charge is 2.62. The van der Waals surface area contributed by atoms with Crippen molar-refractivity contribution in [3.63, 3.8) is 0 Å². The zero-order valence-electron chi connectivity index (χ0n) is 14.5. The maximum absolute atomic E-state index is 11.9. The van der Waals surface area contributed by atoms with Crippen molar-refractivity contribution < 1.29 is 9.90 Å². The first-order valence-corrected chi connectivity index (χ1v) is 9.65. The Labute approximate surface area is 144 Å². The first-order valence-electron chi connectivity index (χ1n) is 9.65. The van der Waals surface area contributed by atoms with Crippen LogP contribution >= 0.6 is 0 Å². The number of carbonyl (C=O) groups excluding carboxylic acids is 1. The summed E-state index contributed by atoms with van der Waals surface area (Å²) in [4.78, 5) is 11.9. The summed E-state index contributed by atoms with van der Waals surface area (Å²) in [5.74, 6) is 5.37. The molecule has 0 bridgehead atoms. The fourth-order valence-corrected chi connectivity index (χ4v) is 7.05. The van der Waals surface area contributed by atoms with Crippen molar-refractivity contribution in [3.8, 4) is 12.3 Å². The van der Waals surface area contributed by atoms with Crippen LogP contribution in [0.2, 0.25) is 0 Å². The molecule has 5 aliphatic rings. The summed E-state index contributed by atoms with van der Waals surface area (Å²) in [6, 6.07) is 0. The largest absolute Gasteiger partial charge is 0.377 e. The summed E-state index contributed by atoms with van der Waals surface area (Å²) in [6.07, 6.45) is 15.8. The molecule has 0 heterocycles. The molecule has 0 spiro atoms. The van der Waals surface area contributed by atoms with Crippen LogP contribution in [-0.4, -0.2) is 16.5 Å². The molecule has 0 saturated heterocycles. The fourth-order valence-electron chi connectivity index (χ4n) is 7.05. The molecule has 2 fully saturated rings. The number of terminal acetylenes is 1. The molecule has 0 unspecified atom stereocenters. The van der Waals surface area contributed by atoms with Crippen LogP contribution in [-0.2, 0) is 4.79 Å². The summed E-state index contributed by atoms with van der Waals surface area (Å²) in [5, 5.41) is 11.2. The SMILES string of the molecule is C#C[C@]1(O)C[C@@H]2CC[C@@H]3CC4=CC(=O)CC[C@@H]4[C@H]4CC[C@@]1(C)C2=C34. The minimum absolute atomic E-state index is 0.220. The summed E-state index contributed by atoms with van der Waals surface area (Å²) >= 11 is 0. The normalized spacial score (nSPS) is 49.2. The van der Waals surface area contributed by atoms with E-state index in [1.807, 2.05) is 6.08 Å². The van der Waals surface area contributed by atoms with Crippen molar-refractivity contribution in [2.24, 2.45) is 29.1 Å². The van der Waals surface area contributed by atoms with Crippen molar-refractivity contribution in [2.75, 3.05) is 0 Å². The Morgan fingerprint density at radius 2 is 2.00 bits per heavy atom. The Bertz CT molecular complexity index is 736. The minimum Gasteiger partial charge on any atom is -0.377 e. The van der Waals surface area contributed by atoms with Gasteiger partial charge in [0.25, 0.3) is 0 Å². The molecule has 126 valence electrons. The van der Waals surface area contributed by atoms with Crippen LogP contribution in [0.3, 0.4) is 0 Å². The van der Waals surface area contributed by atoms with E-state index in [0.717, 1.165) is 38.5 Å². The summed E-state index contributed by atoms with van der Waals surface area (Å²) in [5.41, 5.74) is 3.47. The Kier molecular flexibility index (Phi) is 2.89. The summed E-state index contributed by atoms with van der Waals surface area (Å²) < 4.78 is 0. The highest BCUT2D eigenvalue weighted by atomic mass is 16.3. The minimum atomic E-state index is -0.960. The number of hydrogen-bond donors (Lipinski definition) is 1. The Balaban J connectivity index is 1.68. The molecular weight excluding hydrogens is 296 g/mol. The van der Waals surface area contributed by atoms with E-state index in [9.17, 15) is 9.90 Å². The quantitative estimate of drug-likeness (QED) is 0.544. The second kappa shape index (κ2) is 4.64. The van der Waals surface area contributed by atoms with Gasteiger partial charge in [-0.05, 0) is 74.7 Å². The predicted molar refractivity (Wildman–Crippen MR) is 92.9 cm³/mol. The number of ketones is 1. The third kappa shape index (κ3) is 1.65. The van der Waals surface area contributed by atoms with Gasteiger partial charge in [0.2, 0.25) is 0 Å². The lowest BCUT2D eigenvalue weighted by Gasteiger charge is -2.53. The molecule has 2 heteroatoms. The molecule has 0 aliphatic heterocycles. The predicted octanol–water partition coefficient (Wildman–Crippen LogP) is 3.80. The lowest BCUT2D eigenvalue weighted by molar-refractivity contribution is -0.115. The molecular formula is C22H26O2. The van der Waals surface area contributed by atoms with Gasteiger partial charge in [0.15, 0.2) is 5.78 Å². The topological polar surface area (TPSA) is 37.3 Å². The molecule has 0 amide bonds. The molecule has 2 saturated carbocycles. The van der Waals surface area contributed by atoms with Crippen molar-refractivity contribution in [3.05, 3.63) is 22.8 Å². The van der Waals surface area contributed by atoms with Crippen LogP contribution in [0, 0.1) is 41.4 Å². The van der Waals surface area contributed by atoms with Gasteiger partial charge in [-0.15, -0.1) is 6.42 Å². The monoisotopic (exact) mass is 322 g/mol. The van der Waals surface area contributed by atoms with Gasteiger partial charge >= 0.3 is 0 Å². The van der Waals surface area contributed by atoms with Crippen LogP contribution in [0.25, 0.3) is 0 Å². The molecule has 0 aromatic carbocycles. The van der Waals surface area contributed by atoms with Gasteiger partial charge < -0.3 is 5.11 Å². The Hall–Kier alpha value is -1.33. The van der Waals surface area contributed by atoms with Gasteiger partial charge in [0, 0.05) is 11.8 Å². The van der Waals surface area contributed by atoms with Crippen molar-refractivity contribution >= 4 is 5.78 Å². The highest BCUT2D eigenvalue weighted by Crippen LogP contribution is 2.67. The Morgan fingerprint density at radius 3 is 2.79 bits per heavy atom. The first-order chi connectivity index (χ1) is 11.5.